The molecule has 1 aromatic carbocycles. The van der Waals surface area contributed by atoms with Gasteiger partial charge in [-0.15, -0.1) is 0 Å². The van der Waals surface area contributed by atoms with Crippen LogP contribution >= 0.6 is 0 Å². The third-order valence-corrected chi connectivity index (χ3v) is 4.92. The second-order valence-electron chi connectivity index (χ2n) is 7.13. The first-order chi connectivity index (χ1) is 12.4. The molecule has 0 fully saturated rings. The van der Waals surface area contributed by atoms with E-state index in [1.807, 2.05) is 26.0 Å². The van der Waals surface area contributed by atoms with Crippen LogP contribution in [0.2, 0.25) is 0 Å². The molecule has 0 radical (unpaired) electrons. The number of benzene rings is 1. The minimum atomic E-state index is -0.338. The lowest BCUT2D eigenvalue weighted by Gasteiger charge is -2.26. The highest BCUT2D eigenvalue weighted by Crippen LogP contribution is 2.20. The van der Waals surface area contributed by atoms with Crippen molar-refractivity contribution >= 4 is 5.91 Å². The van der Waals surface area contributed by atoms with E-state index in [2.05, 4.69) is 41.4 Å². The number of aromatic nitrogens is 2. The van der Waals surface area contributed by atoms with Crippen molar-refractivity contribution in [1.29, 1.82) is 0 Å². The van der Waals surface area contributed by atoms with Crippen LogP contribution in [0.15, 0.2) is 28.8 Å². The van der Waals surface area contributed by atoms with Crippen LogP contribution in [0.25, 0.3) is 11.4 Å². The first-order valence-electron chi connectivity index (χ1n) is 9.35. The summed E-state index contributed by atoms with van der Waals surface area (Å²) in [7, 11) is 0. The zero-order valence-electron chi connectivity index (χ0n) is 16.2. The number of carbonyl (C=O) groups is 1. The van der Waals surface area contributed by atoms with Crippen molar-refractivity contribution in [1.82, 2.24) is 15.5 Å². The van der Waals surface area contributed by atoms with Gasteiger partial charge in [-0.2, -0.15) is 4.98 Å². The molecule has 0 unspecified atom stereocenters. The Bertz CT molecular complexity index is 703. The molecule has 2 aromatic rings. The fraction of sp³-hybridized carbons (Fsp3) is 0.550. The third-order valence-electron chi connectivity index (χ3n) is 4.92. The van der Waals surface area contributed by atoms with Gasteiger partial charge >= 0.3 is 0 Å². The van der Waals surface area contributed by atoms with E-state index in [0.717, 1.165) is 18.4 Å². The number of aryl methyl sites for hydroxylation is 1. The number of amides is 1. The predicted octanol–water partition coefficient (Wildman–Crippen LogP) is 3.43. The molecule has 2 rings (SSSR count). The molecule has 0 saturated heterocycles. The SMILES string of the molecule is CCC(N)(CC)CNC(=O)CCc1nc(-c2ccc(C(C)C)cc2)no1. The van der Waals surface area contributed by atoms with Gasteiger partial charge in [0.15, 0.2) is 0 Å². The monoisotopic (exact) mass is 358 g/mol. The lowest BCUT2D eigenvalue weighted by molar-refractivity contribution is -0.121. The summed E-state index contributed by atoms with van der Waals surface area (Å²) < 4.78 is 5.27. The van der Waals surface area contributed by atoms with Gasteiger partial charge in [0.05, 0.1) is 0 Å². The molecule has 6 heteroatoms. The Morgan fingerprint density at radius 3 is 2.46 bits per heavy atom. The molecule has 0 aliphatic rings. The van der Waals surface area contributed by atoms with Crippen molar-refractivity contribution in [2.75, 3.05) is 6.54 Å². The van der Waals surface area contributed by atoms with Gasteiger partial charge in [-0.3, -0.25) is 4.79 Å². The van der Waals surface area contributed by atoms with E-state index >= 15 is 0 Å². The summed E-state index contributed by atoms with van der Waals surface area (Å²) in [6, 6.07) is 8.13. The van der Waals surface area contributed by atoms with E-state index in [4.69, 9.17) is 10.3 Å². The molecule has 1 amide bonds. The average molecular weight is 358 g/mol. The minimum absolute atomic E-state index is 0.0530. The molecule has 142 valence electrons. The summed E-state index contributed by atoms with van der Waals surface area (Å²) in [6.45, 7) is 8.85. The topological polar surface area (TPSA) is 94.0 Å². The quantitative estimate of drug-likeness (QED) is 0.716. The molecular formula is C20H30N4O2. The van der Waals surface area contributed by atoms with Crippen LogP contribution in [-0.2, 0) is 11.2 Å². The van der Waals surface area contributed by atoms with Crippen molar-refractivity contribution in [2.24, 2.45) is 5.73 Å². The van der Waals surface area contributed by atoms with Crippen molar-refractivity contribution in [2.45, 2.75) is 64.8 Å². The first-order valence-corrected chi connectivity index (χ1v) is 9.35. The Hall–Kier alpha value is -2.21. The number of nitrogens with two attached hydrogens (primary N) is 1. The lowest BCUT2D eigenvalue weighted by atomic mass is 9.94. The van der Waals surface area contributed by atoms with Crippen LogP contribution in [0.3, 0.4) is 0 Å². The number of nitrogens with zero attached hydrogens (tertiary/aromatic N) is 2. The minimum Gasteiger partial charge on any atom is -0.354 e. The van der Waals surface area contributed by atoms with Crippen molar-refractivity contribution in [3.05, 3.63) is 35.7 Å². The lowest BCUT2D eigenvalue weighted by Crippen LogP contribution is -2.49. The normalized spacial score (nSPS) is 11.8. The van der Waals surface area contributed by atoms with E-state index in [-0.39, 0.29) is 11.4 Å². The summed E-state index contributed by atoms with van der Waals surface area (Å²) in [6.07, 6.45) is 2.37. The van der Waals surface area contributed by atoms with Crippen LogP contribution in [0.1, 0.15) is 64.3 Å². The van der Waals surface area contributed by atoms with Gasteiger partial charge in [-0.05, 0) is 24.3 Å². The molecule has 3 N–H and O–H groups in total. The van der Waals surface area contributed by atoms with Crippen LogP contribution in [0, 0.1) is 0 Å². The van der Waals surface area contributed by atoms with E-state index in [0.29, 0.717) is 37.0 Å². The summed E-state index contributed by atoms with van der Waals surface area (Å²) >= 11 is 0. The van der Waals surface area contributed by atoms with E-state index < -0.39 is 0 Å². The Kier molecular flexibility index (Phi) is 6.91. The molecule has 0 spiro atoms. The second-order valence-corrected chi connectivity index (χ2v) is 7.13. The van der Waals surface area contributed by atoms with Crippen molar-refractivity contribution in [3.63, 3.8) is 0 Å². The molecule has 0 aliphatic carbocycles. The van der Waals surface area contributed by atoms with Crippen LogP contribution < -0.4 is 11.1 Å². The Morgan fingerprint density at radius 2 is 1.88 bits per heavy atom. The summed E-state index contributed by atoms with van der Waals surface area (Å²) in [5, 5.41) is 6.91. The van der Waals surface area contributed by atoms with Gasteiger partial charge in [0.2, 0.25) is 17.6 Å². The predicted molar refractivity (Wildman–Crippen MR) is 103 cm³/mol. The molecule has 26 heavy (non-hydrogen) atoms. The summed E-state index contributed by atoms with van der Waals surface area (Å²) in [4.78, 5) is 16.4. The van der Waals surface area contributed by atoms with Gasteiger partial charge in [-0.1, -0.05) is 57.1 Å². The average Bonchev–Trinajstić information content (AvgIpc) is 3.13. The highest BCUT2D eigenvalue weighted by atomic mass is 16.5. The summed E-state index contributed by atoms with van der Waals surface area (Å²) in [5.74, 6) is 1.44. The maximum atomic E-state index is 12.0. The maximum absolute atomic E-state index is 12.0. The van der Waals surface area contributed by atoms with Crippen LogP contribution in [-0.4, -0.2) is 28.1 Å². The zero-order valence-corrected chi connectivity index (χ0v) is 16.2. The van der Waals surface area contributed by atoms with E-state index in [9.17, 15) is 4.79 Å². The van der Waals surface area contributed by atoms with Gasteiger partial charge < -0.3 is 15.6 Å². The summed E-state index contributed by atoms with van der Waals surface area (Å²) in [5.41, 5.74) is 8.03. The van der Waals surface area contributed by atoms with Crippen molar-refractivity contribution in [3.8, 4) is 11.4 Å². The van der Waals surface area contributed by atoms with Gasteiger partial charge in [-0.25, -0.2) is 0 Å². The molecule has 0 atom stereocenters. The number of carbonyl (C=O) groups excluding carboxylic acids is 1. The first kappa shape index (κ1) is 20.1. The molecular weight excluding hydrogens is 328 g/mol. The standard InChI is InChI=1S/C20H30N4O2/c1-5-20(21,6-2)13-22-17(25)11-12-18-23-19(24-26-18)16-9-7-15(8-10-16)14(3)4/h7-10,14H,5-6,11-13,21H2,1-4H3,(H,22,25). The molecule has 0 saturated carbocycles. The highest BCUT2D eigenvalue weighted by molar-refractivity contribution is 5.76. The van der Waals surface area contributed by atoms with Gasteiger partial charge in [0, 0.05) is 30.5 Å². The second kappa shape index (κ2) is 8.94. The Labute approximate surface area is 155 Å². The van der Waals surface area contributed by atoms with Gasteiger partial charge in [0.1, 0.15) is 0 Å². The number of rotatable bonds is 9. The molecule has 0 bridgehead atoms. The zero-order chi connectivity index (χ0) is 19.2. The molecule has 0 aliphatic heterocycles. The van der Waals surface area contributed by atoms with Gasteiger partial charge in [0.25, 0.3) is 0 Å². The van der Waals surface area contributed by atoms with Crippen LogP contribution in [0.5, 0.6) is 0 Å². The molecule has 1 heterocycles. The van der Waals surface area contributed by atoms with E-state index in [1.165, 1.54) is 5.56 Å². The fourth-order valence-corrected chi connectivity index (χ4v) is 2.57. The smallest absolute Gasteiger partial charge is 0.227 e. The number of hydrogen-bond acceptors (Lipinski definition) is 5. The van der Waals surface area contributed by atoms with Crippen molar-refractivity contribution < 1.29 is 9.32 Å². The Balaban J connectivity index is 1.87. The largest absolute Gasteiger partial charge is 0.354 e. The third kappa shape index (κ3) is 5.39. The Morgan fingerprint density at radius 1 is 1.23 bits per heavy atom. The fourth-order valence-electron chi connectivity index (χ4n) is 2.57. The molecule has 1 aromatic heterocycles. The van der Waals surface area contributed by atoms with E-state index in [1.54, 1.807) is 0 Å². The number of hydrogen-bond donors (Lipinski definition) is 2. The van der Waals surface area contributed by atoms with Crippen LogP contribution in [0.4, 0.5) is 0 Å². The molecule has 6 nitrogen and oxygen atoms in total. The highest BCUT2D eigenvalue weighted by Gasteiger charge is 2.21. The maximum Gasteiger partial charge on any atom is 0.227 e. The number of nitrogens with one attached hydrogen (secondary N) is 1.